The minimum absolute atomic E-state index is 0.236. The zero-order chi connectivity index (χ0) is 18.7. The van der Waals surface area contributed by atoms with Gasteiger partial charge in [-0.3, -0.25) is 4.79 Å². The van der Waals surface area contributed by atoms with E-state index in [0.29, 0.717) is 27.4 Å². The van der Waals surface area contributed by atoms with Crippen molar-refractivity contribution in [3.8, 4) is 11.4 Å². The Morgan fingerprint density at radius 2 is 2.04 bits per heavy atom. The molecular weight excluding hydrogens is 377 g/mol. The summed E-state index contributed by atoms with van der Waals surface area (Å²) in [6.07, 6.45) is 1.46. The second kappa shape index (κ2) is 7.84. The van der Waals surface area contributed by atoms with Crippen LogP contribution in [0.5, 0.6) is 0 Å². The van der Waals surface area contributed by atoms with Gasteiger partial charge in [0.15, 0.2) is 11.0 Å². The maximum atomic E-state index is 14.0. The summed E-state index contributed by atoms with van der Waals surface area (Å²) in [4.78, 5) is 16.4. The van der Waals surface area contributed by atoms with Crippen LogP contribution >= 0.6 is 23.4 Å². The average molecular weight is 392 g/mol. The molecule has 2 heterocycles. The molecule has 0 saturated carbocycles. The quantitative estimate of drug-likeness (QED) is 0.670. The van der Waals surface area contributed by atoms with Gasteiger partial charge >= 0.3 is 0 Å². The Morgan fingerprint density at radius 1 is 1.27 bits per heavy atom. The lowest BCUT2D eigenvalue weighted by Gasteiger charge is -2.11. The Labute approximate surface area is 158 Å². The molecule has 1 amide bonds. The molecule has 0 aliphatic heterocycles. The highest BCUT2D eigenvalue weighted by Crippen LogP contribution is 2.27. The largest absolute Gasteiger partial charge is 0.310 e. The maximum Gasteiger partial charge on any atom is 0.238 e. The van der Waals surface area contributed by atoms with E-state index in [0.717, 1.165) is 0 Å². The van der Waals surface area contributed by atoms with Crippen molar-refractivity contribution >= 4 is 35.1 Å². The van der Waals surface area contributed by atoms with E-state index < -0.39 is 5.25 Å². The molecule has 0 unspecified atom stereocenters. The molecule has 0 spiro atoms. The number of benzene rings is 1. The second-order valence-corrected chi connectivity index (χ2v) is 7.20. The van der Waals surface area contributed by atoms with Crippen LogP contribution in [0.1, 0.15) is 6.92 Å². The van der Waals surface area contributed by atoms with E-state index in [9.17, 15) is 9.18 Å². The molecule has 0 aliphatic carbocycles. The maximum absolute atomic E-state index is 14.0. The van der Waals surface area contributed by atoms with Crippen LogP contribution in [0.3, 0.4) is 0 Å². The van der Waals surface area contributed by atoms with Gasteiger partial charge in [0.05, 0.1) is 15.8 Å². The van der Waals surface area contributed by atoms with Crippen LogP contribution in [0.25, 0.3) is 11.4 Å². The van der Waals surface area contributed by atoms with Crippen LogP contribution in [-0.2, 0) is 11.8 Å². The molecule has 1 aromatic carbocycles. The lowest BCUT2D eigenvalue weighted by Crippen LogP contribution is -2.23. The summed E-state index contributed by atoms with van der Waals surface area (Å²) in [5.74, 6) is 0.203. The minimum atomic E-state index is -0.455. The number of nitrogens with zero attached hydrogens (tertiary/aromatic N) is 4. The Kier molecular flexibility index (Phi) is 5.53. The highest BCUT2D eigenvalue weighted by atomic mass is 35.5. The van der Waals surface area contributed by atoms with Crippen molar-refractivity contribution in [2.45, 2.75) is 17.3 Å². The Morgan fingerprint density at radius 3 is 2.73 bits per heavy atom. The smallest absolute Gasteiger partial charge is 0.238 e. The van der Waals surface area contributed by atoms with Gasteiger partial charge in [0.1, 0.15) is 11.6 Å². The molecule has 26 heavy (non-hydrogen) atoms. The predicted molar refractivity (Wildman–Crippen MR) is 99.6 cm³/mol. The fourth-order valence-corrected chi connectivity index (χ4v) is 3.11. The number of anilines is 1. The molecular formula is C17H15ClFN5OS. The summed E-state index contributed by atoms with van der Waals surface area (Å²) in [6, 6.07) is 9.61. The summed E-state index contributed by atoms with van der Waals surface area (Å²) in [7, 11) is 1.73. The Hall–Kier alpha value is -2.45. The van der Waals surface area contributed by atoms with Crippen LogP contribution in [0, 0.1) is 5.82 Å². The lowest BCUT2D eigenvalue weighted by atomic mass is 10.2. The molecule has 3 aromatic rings. The van der Waals surface area contributed by atoms with E-state index in [1.54, 1.807) is 48.9 Å². The molecule has 6 nitrogen and oxygen atoms in total. The van der Waals surface area contributed by atoms with Gasteiger partial charge in [0.2, 0.25) is 5.91 Å². The number of amides is 1. The van der Waals surface area contributed by atoms with Gasteiger partial charge in [-0.05, 0) is 31.2 Å². The summed E-state index contributed by atoms with van der Waals surface area (Å²) < 4.78 is 15.6. The van der Waals surface area contributed by atoms with Crippen molar-refractivity contribution in [2.24, 2.45) is 7.05 Å². The molecule has 1 N–H and O–H groups in total. The minimum Gasteiger partial charge on any atom is -0.310 e. The van der Waals surface area contributed by atoms with Gasteiger partial charge in [0.25, 0.3) is 0 Å². The highest BCUT2D eigenvalue weighted by molar-refractivity contribution is 8.00. The van der Waals surface area contributed by atoms with Crippen molar-refractivity contribution in [2.75, 3.05) is 5.32 Å². The van der Waals surface area contributed by atoms with Crippen LogP contribution in [0.15, 0.2) is 47.8 Å². The molecule has 9 heteroatoms. The van der Waals surface area contributed by atoms with Gasteiger partial charge in [-0.1, -0.05) is 35.5 Å². The molecule has 3 rings (SSSR count). The Balaban J connectivity index is 1.71. The van der Waals surface area contributed by atoms with Gasteiger partial charge < -0.3 is 9.88 Å². The topological polar surface area (TPSA) is 72.7 Å². The first-order valence-electron chi connectivity index (χ1n) is 7.69. The number of hydrogen-bond acceptors (Lipinski definition) is 5. The third-order valence-electron chi connectivity index (χ3n) is 3.58. The fraction of sp³-hybridized carbons (Fsp3) is 0.176. The first kappa shape index (κ1) is 18.3. The third-order valence-corrected chi connectivity index (χ3v) is 4.94. The van der Waals surface area contributed by atoms with Crippen LogP contribution in [0.2, 0.25) is 5.02 Å². The molecule has 0 aliphatic rings. The SMILES string of the molecule is C[C@@H](Sc1nnc(-c2ccccc2F)n1C)C(=O)Nc1ccc(Cl)cn1. The van der Waals surface area contributed by atoms with Crippen LogP contribution in [0.4, 0.5) is 10.2 Å². The van der Waals surface area contributed by atoms with Crippen LogP contribution in [-0.4, -0.2) is 30.9 Å². The molecule has 134 valence electrons. The van der Waals surface area contributed by atoms with E-state index >= 15 is 0 Å². The number of rotatable bonds is 5. The van der Waals surface area contributed by atoms with Crippen molar-refractivity contribution in [1.29, 1.82) is 0 Å². The molecule has 0 radical (unpaired) electrons. The van der Waals surface area contributed by atoms with Crippen molar-refractivity contribution in [3.05, 3.63) is 53.4 Å². The zero-order valence-corrected chi connectivity index (χ0v) is 15.6. The second-order valence-electron chi connectivity index (χ2n) is 5.46. The number of nitrogens with one attached hydrogen (secondary N) is 1. The van der Waals surface area contributed by atoms with Gasteiger partial charge in [0, 0.05) is 13.2 Å². The lowest BCUT2D eigenvalue weighted by molar-refractivity contribution is -0.115. The standard InChI is InChI=1S/C17H15ClFN5OS/c1-10(16(25)21-14-8-7-11(18)9-20-14)26-17-23-22-15(24(17)2)12-5-3-4-6-13(12)19/h3-10H,1-2H3,(H,20,21,25)/t10-/m1/s1. The summed E-state index contributed by atoms with van der Waals surface area (Å²) >= 11 is 7.00. The van der Waals surface area contributed by atoms with Gasteiger partial charge in [-0.2, -0.15) is 0 Å². The number of aromatic nitrogens is 4. The average Bonchev–Trinajstić information content (AvgIpc) is 2.98. The zero-order valence-electron chi connectivity index (χ0n) is 14.0. The third kappa shape index (κ3) is 4.03. The van der Waals surface area contributed by atoms with Crippen LogP contribution < -0.4 is 5.32 Å². The van der Waals surface area contributed by atoms with E-state index in [1.807, 2.05) is 0 Å². The summed E-state index contributed by atoms with van der Waals surface area (Å²) in [5.41, 5.74) is 0.358. The van der Waals surface area contributed by atoms with Crippen molar-refractivity contribution in [3.63, 3.8) is 0 Å². The van der Waals surface area contributed by atoms with E-state index in [1.165, 1.54) is 24.0 Å². The van der Waals surface area contributed by atoms with Gasteiger partial charge in [-0.15, -0.1) is 10.2 Å². The number of carbonyl (C=O) groups is 1. The highest BCUT2D eigenvalue weighted by Gasteiger charge is 2.20. The first-order valence-corrected chi connectivity index (χ1v) is 8.95. The van der Waals surface area contributed by atoms with E-state index in [4.69, 9.17) is 11.6 Å². The van der Waals surface area contributed by atoms with Crippen molar-refractivity contribution < 1.29 is 9.18 Å². The first-order chi connectivity index (χ1) is 12.5. The van der Waals surface area contributed by atoms with Crippen molar-refractivity contribution in [1.82, 2.24) is 19.7 Å². The van der Waals surface area contributed by atoms with Gasteiger partial charge in [-0.25, -0.2) is 9.37 Å². The van der Waals surface area contributed by atoms with E-state index in [2.05, 4.69) is 20.5 Å². The van der Waals surface area contributed by atoms with E-state index in [-0.39, 0.29) is 11.7 Å². The summed E-state index contributed by atoms with van der Waals surface area (Å²) in [5, 5.41) is 11.4. The fourth-order valence-electron chi connectivity index (χ4n) is 2.18. The normalized spacial score (nSPS) is 12.0. The number of carbonyl (C=O) groups excluding carboxylic acids is 1. The summed E-state index contributed by atoms with van der Waals surface area (Å²) in [6.45, 7) is 1.74. The predicted octanol–water partition coefficient (Wildman–Crippen LogP) is 3.79. The molecule has 0 bridgehead atoms. The Bertz CT molecular complexity index is 931. The number of halogens is 2. The monoisotopic (exact) mass is 391 g/mol. The number of hydrogen-bond donors (Lipinski definition) is 1. The molecule has 2 aromatic heterocycles. The molecule has 1 atom stereocenters. The molecule has 0 fully saturated rings. The number of thioether (sulfide) groups is 1. The number of pyridine rings is 1. The molecule has 0 saturated heterocycles.